The zero-order chi connectivity index (χ0) is 20.5. The van der Waals surface area contributed by atoms with Crippen molar-refractivity contribution in [2.75, 3.05) is 7.05 Å². The first kappa shape index (κ1) is 19.4. The summed E-state index contributed by atoms with van der Waals surface area (Å²) in [6.07, 6.45) is -2.12. The number of carbonyl (C=O) groups excluding carboxylic acids is 1. The fraction of sp³-hybridized carbons (Fsp3) is 0.211. The Morgan fingerprint density at radius 3 is 2.64 bits per heavy atom. The maximum atomic E-state index is 12.7. The summed E-state index contributed by atoms with van der Waals surface area (Å²) in [6, 6.07) is 8.95. The SMILES string of the molecule is Cc1ccc2ncc(C(=O)N(C)Cc3ccccc3OC(F)(F)F)c(=O)n2c1. The molecule has 0 aliphatic heterocycles. The van der Waals surface area contributed by atoms with Crippen LogP contribution in [0.25, 0.3) is 5.65 Å². The molecule has 2 heterocycles. The first-order valence-corrected chi connectivity index (χ1v) is 8.23. The zero-order valence-electron chi connectivity index (χ0n) is 15.0. The second-order valence-electron chi connectivity index (χ2n) is 6.23. The molecule has 1 amide bonds. The minimum absolute atomic E-state index is 0.153. The van der Waals surface area contributed by atoms with Crippen LogP contribution in [-0.4, -0.2) is 33.6 Å². The van der Waals surface area contributed by atoms with Gasteiger partial charge in [-0.05, 0) is 24.6 Å². The van der Waals surface area contributed by atoms with Gasteiger partial charge in [-0.1, -0.05) is 24.3 Å². The quantitative estimate of drug-likeness (QED) is 0.685. The number of fused-ring (bicyclic) bond motifs is 1. The van der Waals surface area contributed by atoms with E-state index in [1.165, 1.54) is 35.8 Å². The van der Waals surface area contributed by atoms with Crippen LogP contribution in [0.15, 0.2) is 53.6 Å². The average molecular weight is 391 g/mol. The highest BCUT2D eigenvalue weighted by Gasteiger charge is 2.32. The number of aromatic nitrogens is 2. The molecule has 0 bridgehead atoms. The standard InChI is InChI=1S/C19H16F3N3O3/c1-12-7-8-16-23-9-14(18(27)25(16)10-12)17(26)24(2)11-13-5-3-4-6-15(13)28-19(20,21)22/h3-10H,11H2,1-2H3. The van der Waals surface area contributed by atoms with Gasteiger partial charge in [-0.25, -0.2) is 4.98 Å². The summed E-state index contributed by atoms with van der Waals surface area (Å²) in [6.45, 7) is 1.62. The Morgan fingerprint density at radius 2 is 1.93 bits per heavy atom. The van der Waals surface area contributed by atoms with Crippen LogP contribution in [-0.2, 0) is 6.54 Å². The average Bonchev–Trinajstić information content (AvgIpc) is 2.62. The number of halogens is 3. The van der Waals surface area contributed by atoms with Crippen molar-refractivity contribution in [3.63, 3.8) is 0 Å². The van der Waals surface area contributed by atoms with Crippen molar-refractivity contribution in [1.29, 1.82) is 0 Å². The number of rotatable bonds is 4. The molecule has 0 atom stereocenters. The topological polar surface area (TPSA) is 63.9 Å². The third-order valence-corrected chi connectivity index (χ3v) is 4.03. The van der Waals surface area contributed by atoms with Crippen molar-refractivity contribution in [1.82, 2.24) is 14.3 Å². The molecule has 0 spiro atoms. The molecule has 0 unspecified atom stereocenters. The lowest BCUT2D eigenvalue weighted by molar-refractivity contribution is -0.275. The molecule has 0 N–H and O–H groups in total. The van der Waals surface area contributed by atoms with Crippen LogP contribution in [0, 0.1) is 6.92 Å². The minimum atomic E-state index is -4.85. The Hall–Kier alpha value is -3.36. The molecule has 3 aromatic rings. The van der Waals surface area contributed by atoms with Crippen LogP contribution in [0.3, 0.4) is 0 Å². The number of alkyl halides is 3. The zero-order valence-corrected chi connectivity index (χ0v) is 15.0. The van der Waals surface area contributed by atoms with Gasteiger partial charge in [0.25, 0.3) is 11.5 Å². The van der Waals surface area contributed by atoms with Crippen molar-refractivity contribution in [2.24, 2.45) is 0 Å². The third-order valence-electron chi connectivity index (χ3n) is 4.03. The monoisotopic (exact) mass is 391 g/mol. The lowest BCUT2D eigenvalue weighted by Gasteiger charge is -2.19. The summed E-state index contributed by atoms with van der Waals surface area (Å²) in [7, 11) is 1.39. The van der Waals surface area contributed by atoms with Crippen LogP contribution in [0.5, 0.6) is 5.75 Å². The van der Waals surface area contributed by atoms with E-state index in [0.29, 0.717) is 5.65 Å². The van der Waals surface area contributed by atoms with Crippen LogP contribution in [0.4, 0.5) is 13.2 Å². The van der Waals surface area contributed by atoms with E-state index in [-0.39, 0.29) is 17.7 Å². The van der Waals surface area contributed by atoms with Crippen LogP contribution < -0.4 is 10.3 Å². The summed E-state index contributed by atoms with van der Waals surface area (Å²) < 4.78 is 42.9. The van der Waals surface area contributed by atoms with Crippen molar-refractivity contribution in [3.05, 3.63) is 75.8 Å². The van der Waals surface area contributed by atoms with Gasteiger partial charge in [0.05, 0.1) is 0 Å². The molecule has 0 aliphatic rings. The van der Waals surface area contributed by atoms with E-state index < -0.39 is 23.6 Å². The van der Waals surface area contributed by atoms with Gasteiger partial charge < -0.3 is 9.64 Å². The fourth-order valence-corrected chi connectivity index (χ4v) is 2.72. The molecular formula is C19H16F3N3O3. The number of nitrogens with zero attached hydrogens (tertiary/aromatic N) is 3. The predicted octanol–water partition coefficient (Wildman–Crippen LogP) is 3.17. The van der Waals surface area contributed by atoms with Crippen molar-refractivity contribution < 1.29 is 22.7 Å². The highest BCUT2D eigenvalue weighted by atomic mass is 19.4. The number of carbonyl (C=O) groups is 1. The summed E-state index contributed by atoms with van der Waals surface area (Å²) in [5.74, 6) is -1.06. The fourth-order valence-electron chi connectivity index (χ4n) is 2.72. The molecule has 0 radical (unpaired) electrons. The van der Waals surface area contributed by atoms with Crippen LogP contribution in [0.1, 0.15) is 21.5 Å². The molecule has 0 aliphatic carbocycles. The number of hydrogen-bond acceptors (Lipinski definition) is 4. The van der Waals surface area contributed by atoms with Crippen LogP contribution >= 0.6 is 0 Å². The molecule has 28 heavy (non-hydrogen) atoms. The summed E-state index contributed by atoms with van der Waals surface area (Å²) >= 11 is 0. The van der Waals surface area contributed by atoms with Crippen LogP contribution in [0.2, 0.25) is 0 Å². The lowest BCUT2D eigenvalue weighted by Crippen LogP contribution is -2.33. The maximum absolute atomic E-state index is 12.7. The lowest BCUT2D eigenvalue weighted by atomic mass is 10.1. The first-order valence-electron chi connectivity index (χ1n) is 8.23. The molecule has 9 heteroatoms. The number of benzene rings is 1. The van der Waals surface area contributed by atoms with E-state index in [0.717, 1.165) is 16.5 Å². The largest absolute Gasteiger partial charge is 0.573 e. The van der Waals surface area contributed by atoms with E-state index in [2.05, 4.69) is 9.72 Å². The number of hydrogen-bond donors (Lipinski definition) is 0. The molecule has 1 aromatic carbocycles. The van der Waals surface area contributed by atoms with Gasteiger partial charge in [0.1, 0.15) is 17.0 Å². The molecule has 0 saturated carbocycles. The predicted molar refractivity (Wildman–Crippen MR) is 95.1 cm³/mol. The van der Waals surface area contributed by atoms with Gasteiger partial charge in [-0.3, -0.25) is 14.0 Å². The highest BCUT2D eigenvalue weighted by molar-refractivity contribution is 5.93. The normalized spacial score (nSPS) is 11.5. The van der Waals surface area contributed by atoms with E-state index in [4.69, 9.17) is 0 Å². The molecule has 3 rings (SSSR count). The summed E-state index contributed by atoms with van der Waals surface area (Å²) in [5, 5.41) is 0. The van der Waals surface area contributed by atoms with Crippen molar-refractivity contribution in [3.8, 4) is 5.75 Å². The van der Waals surface area contributed by atoms with E-state index in [1.54, 1.807) is 25.3 Å². The van der Waals surface area contributed by atoms with Crippen molar-refractivity contribution in [2.45, 2.75) is 19.8 Å². The first-order chi connectivity index (χ1) is 13.2. The molecule has 2 aromatic heterocycles. The molecule has 0 saturated heterocycles. The third kappa shape index (κ3) is 4.13. The van der Waals surface area contributed by atoms with Gasteiger partial charge >= 0.3 is 6.36 Å². The van der Waals surface area contributed by atoms with Gasteiger partial charge in [-0.2, -0.15) is 0 Å². The van der Waals surface area contributed by atoms with Gasteiger partial charge in [0, 0.05) is 31.5 Å². The Balaban J connectivity index is 1.89. The summed E-state index contributed by atoms with van der Waals surface area (Å²) in [5.41, 5.74) is 0.622. The summed E-state index contributed by atoms with van der Waals surface area (Å²) in [4.78, 5) is 30.6. The Bertz CT molecular complexity index is 1090. The Kier molecular flexibility index (Phi) is 5.08. The minimum Gasteiger partial charge on any atom is -0.405 e. The maximum Gasteiger partial charge on any atom is 0.573 e. The number of para-hydroxylation sites is 1. The second kappa shape index (κ2) is 7.34. The van der Waals surface area contributed by atoms with Gasteiger partial charge in [0.2, 0.25) is 0 Å². The molecule has 146 valence electrons. The van der Waals surface area contributed by atoms with Gasteiger partial charge in [-0.15, -0.1) is 13.2 Å². The van der Waals surface area contributed by atoms with E-state index in [9.17, 15) is 22.8 Å². The Labute approximate surface area is 157 Å². The smallest absolute Gasteiger partial charge is 0.405 e. The molecular weight excluding hydrogens is 375 g/mol. The van der Waals surface area contributed by atoms with Gasteiger partial charge in [0.15, 0.2) is 0 Å². The second-order valence-corrected chi connectivity index (χ2v) is 6.23. The van der Waals surface area contributed by atoms with E-state index in [1.807, 2.05) is 0 Å². The number of ether oxygens (including phenoxy) is 1. The number of pyridine rings is 1. The number of aryl methyl sites for hydroxylation is 1. The highest BCUT2D eigenvalue weighted by Crippen LogP contribution is 2.27. The Morgan fingerprint density at radius 1 is 1.21 bits per heavy atom. The number of amides is 1. The molecule has 6 nitrogen and oxygen atoms in total. The van der Waals surface area contributed by atoms with Crippen molar-refractivity contribution >= 4 is 11.6 Å². The molecule has 0 fully saturated rings. The van der Waals surface area contributed by atoms with E-state index >= 15 is 0 Å².